The van der Waals surface area contributed by atoms with Gasteiger partial charge in [-0.05, 0) is 19.1 Å². The molecule has 0 saturated carbocycles. The monoisotopic (exact) mass is 258 g/mol. The molecular weight excluding hydrogens is 244 g/mol. The minimum absolute atomic E-state index is 0.143. The molecule has 0 saturated heterocycles. The van der Waals surface area contributed by atoms with Crippen LogP contribution in [0.15, 0.2) is 36.5 Å². The molecule has 0 fully saturated rings. The number of carbonyl (C=O) groups excluding carboxylic acids is 2. The van der Waals surface area contributed by atoms with E-state index in [2.05, 4.69) is 10.3 Å². The van der Waals surface area contributed by atoms with Crippen LogP contribution in [0.5, 0.6) is 0 Å². The van der Waals surface area contributed by atoms with Crippen molar-refractivity contribution in [2.45, 2.75) is 6.92 Å². The molecule has 1 aromatic heterocycles. The standard InChI is InChI=1S/C14H14N2O3/c1-2-19-12(17)9-16-14(18)11-7-3-5-10-6-4-8-15-13(10)11/h3-8H,2,9H2,1H3,(H,16,18). The highest BCUT2D eigenvalue weighted by atomic mass is 16.5. The zero-order valence-corrected chi connectivity index (χ0v) is 10.6. The van der Waals surface area contributed by atoms with Crippen molar-refractivity contribution in [2.24, 2.45) is 0 Å². The number of pyridine rings is 1. The Hall–Kier alpha value is -2.43. The highest BCUT2D eigenvalue weighted by molar-refractivity contribution is 6.06. The molecule has 0 aliphatic carbocycles. The summed E-state index contributed by atoms with van der Waals surface area (Å²) < 4.78 is 4.75. The minimum Gasteiger partial charge on any atom is -0.465 e. The van der Waals surface area contributed by atoms with E-state index in [0.717, 1.165) is 5.39 Å². The van der Waals surface area contributed by atoms with E-state index < -0.39 is 5.97 Å². The van der Waals surface area contributed by atoms with Gasteiger partial charge in [0.1, 0.15) is 6.54 Å². The summed E-state index contributed by atoms with van der Waals surface area (Å²) >= 11 is 0. The summed E-state index contributed by atoms with van der Waals surface area (Å²) in [5, 5.41) is 3.40. The molecule has 0 atom stereocenters. The highest BCUT2D eigenvalue weighted by Crippen LogP contribution is 2.15. The van der Waals surface area contributed by atoms with E-state index in [9.17, 15) is 9.59 Å². The average Bonchev–Trinajstić information content (AvgIpc) is 2.44. The summed E-state index contributed by atoms with van der Waals surface area (Å²) in [4.78, 5) is 27.4. The topological polar surface area (TPSA) is 68.3 Å². The number of esters is 1. The zero-order valence-electron chi connectivity index (χ0n) is 10.6. The Morgan fingerprint density at radius 2 is 2.05 bits per heavy atom. The Bertz CT molecular complexity index is 605. The third-order valence-corrected chi connectivity index (χ3v) is 2.58. The van der Waals surface area contributed by atoms with Crippen molar-refractivity contribution in [2.75, 3.05) is 13.2 Å². The van der Waals surface area contributed by atoms with E-state index in [-0.39, 0.29) is 12.5 Å². The lowest BCUT2D eigenvalue weighted by atomic mass is 10.1. The first-order valence-electron chi connectivity index (χ1n) is 6.00. The van der Waals surface area contributed by atoms with E-state index in [0.29, 0.717) is 17.7 Å². The zero-order chi connectivity index (χ0) is 13.7. The number of nitrogens with zero attached hydrogens (tertiary/aromatic N) is 1. The first-order chi connectivity index (χ1) is 9.22. The molecule has 5 heteroatoms. The van der Waals surface area contributed by atoms with E-state index in [4.69, 9.17) is 4.74 Å². The number of fused-ring (bicyclic) bond motifs is 1. The van der Waals surface area contributed by atoms with E-state index in [1.165, 1.54) is 0 Å². The highest BCUT2D eigenvalue weighted by Gasteiger charge is 2.12. The third kappa shape index (κ3) is 3.07. The lowest BCUT2D eigenvalue weighted by molar-refractivity contribution is -0.141. The summed E-state index contributed by atoms with van der Waals surface area (Å²) in [5.74, 6) is -0.790. The van der Waals surface area contributed by atoms with Gasteiger partial charge in [0.05, 0.1) is 17.7 Å². The van der Waals surface area contributed by atoms with Crippen molar-refractivity contribution in [3.8, 4) is 0 Å². The molecule has 19 heavy (non-hydrogen) atoms. The second-order valence-corrected chi connectivity index (χ2v) is 3.87. The summed E-state index contributed by atoms with van der Waals surface area (Å²) in [6, 6.07) is 9.02. The number of rotatable bonds is 4. The number of nitrogens with one attached hydrogen (secondary N) is 1. The van der Waals surface area contributed by atoms with Crippen molar-refractivity contribution >= 4 is 22.8 Å². The lowest BCUT2D eigenvalue weighted by Gasteiger charge is -2.07. The molecule has 0 radical (unpaired) electrons. The third-order valence-electron chi connectivity index (χ3n) is 2.58. The molecule has 0 aliphatic heterocycles. The van der Waals surface area contributed by atoms with Crippen molar-refractivity contribution in [1.29, 1.82) is 0 Å². The SMILES string of the molecule is CCOC(=O)CNC(=O)c1cccc2cccnc12. The first kappa shape index (κ1) is 13.0. The smallest absolute Gasteiger partial charge is 0.325 e. The van der Waals surface area contributed by atoms with Crippen molar-refractivity contribution in [3.63, 3.8) is 0 Å². The van der Waals surface area contributed by atoms with Crippen LogP contribution in [0.4, 0.5) is 0 Å². The molecule has 0 spiro atoms. The Morgan fingerprint density at radius 1 is 1.26 bits per heavy atom. The molecule has 2 aromatic rings. The van der Waals surface area contributed by atoms with E-state index in [1.54, 1.807) is 25.3 Å². The fourth-order valence-electron chi connectivity index (χ4n) is 1.75. The molecule has 98 valence electrons. The number of carbonyl (C=O) groups is 2. The maximum absolute atomic E-state index is 12.0. The number of hydrogen-bond donors (Lipinski definition) is 1. The summed E-state index contributed by atoms with van der Waals surface area (Å²) in [6.45, 7) is 1.87. The second-order valence-electron chi connectivity index (χ2n) is 3.87. The molecule has 1 heterocycles. The van der Waals surface area contributed by atoms with E-state index >= 15 is 0 Å². The van der Waals surface area contributed by atoms with Gasteiger partial charge in [0.25, 0.3) is 5.91 Å². The van der Waals surface area contributed by atoms with Crippen molar-refractivity contribution in [1.82, 2.24) is 10.3 Å². The normalized spacial score (nSPS) is 10.2. The quantitative estimate of drug-likeness (QED) is 0.844. The van der Waals surface area contributed by atoms with Gasteiger partial charge in [-0.1, -0.05) is 18.2 Å². The summed E-state index contributed by atoms with van der Waals surface area (Å²) in [6.07, 6.45) is 1.63. The fraction of sp³-hybridized carbons (Fsp3) is 0.214. The van der Waals surface area contributed by atoms with Crippen LogP contribution < -0.4 is 5.32 Å². The Morgan fingerprint density at radius 3 is 2.84 bits per heavy atom. The first-order valence-corrected chi connectivity index (χ1v) is 6.00. The molecule has 0 unspecified atom stereocenters. The van der Waals surface area contributed by atoms with Gasteiger partial charge in [-0.15, -0.1) is 0 Å². The van der Waals surface area contributed by atoms with Gasteiger partial charge in [0, 0.05) is 11.6 Å². The predicted molar refractivity (Wildman–Crippen MR) is 70.7 cm³/mol. The van der Waals surface area contributed by atoms with Gasteiger partial charge in [-0.3, -0.25) is 14.6 Å². The van der Waals surface area contributed by atoms with Crippen LogP contribution in [0, 0.1) is 0 Å². The summed E-state index contributed by atoms with van der Waals surface area (Å²) in [7, 11) is 0. The van der Waals surface area contributed by atoms with Crippen LogP contribution in [0.25, 0.3) is 10.9 Å². The Kier molecular flexibility index (Phi) is 4.07. The number of hydrogen-bond acceptors (Lipinski definition) is 4. The van der Waals surface area contributed by atoms with Gasteiger partial charge in [-0.2, -0.15) is 0 Å². The van der Waals surface area contributed by atoms with Crippen LogP contribution in [0.3, 0.4) is 0 Å². The van der Waals surface area contributed by atoms with Crippen LogP contribution in [0.1, 0.15) is 17.3 Å². The lowest BCUT2D eigenvalue weighted by Crippen LogP contribution is -2.30. The Labute approximate surface area is 110 Å². The number of para-hydroxylation sites is 1. The van der Waals surface area contributed by atoms with Crippen LogP contribution in [0.2, 0.25) is 0 Å². The average molecular weight is 258 g/mol. The van der Waals surface area contributed by atoms with Gasteiger partial charge in [0.15, 0.2) is 0 Å². The van der Waals surface area contributed by atoms with Gasteiger partial charge >= 0.3 is 5.97 Å². The molecule has 1 amide bonds. The van der Waals surface area contributed by atoms with Crippen molar-refractivity contribution < 1.29 is 14.3 Å². The predicted octanol–water partition coefficient (Wildman–Crippen LogP) is 1.53. The molecule has 5 nitrogen and oxygen atoms in total. The molecule has 0 bridgehead atoms. The molecule has 0 aliphatic rings. The number of aromatic nitrogens is 1. The maximum Gasteiger partial charge on any atom is 0.325 e. The molecule has 1 aromatic carbocycles. The summed E-state index contributed by atoms with van der Waals surface area (Å²) in [5.41, 5.74) is 1.06. The van der Waals surface area contributed by atoms with Crippen LogP contribution >= 0.6 is 0 Å². The van der Waals surface area contributed by atoms with Gasteiger partial charge in [-0.25, -0.2) is 0 Å². The van der Waals surface area contributed by atoms with Crippen molar-refractivity contribution in [3.05, 3.63) is 42.1 Å². The molecule has 2 rings (SSSR count). The van der Waals surface area contributed by atoms with Gasteiger partial charge in [0.2, 0.25) is 0 Å². The van der Waals surface area contributed by atoms with Gasteiger partial charge < -0.3 is 10.1 Å². The maximum atomic E-state index is 12.0. The second kappa shape index (κ2) is 5.95. The molecular formula is C14H14N2O3. The number of benzene rings is 1. The number of amides is 1. The van der Waals surface area contributed by atoms with Crippen LogP contribution in [-0.2, 0) is 9.53 Å². The Balaban J connectivity index is 2.15. The fourth-order valence-corrected chi connectivity index (χ4v) is 1.75. The van der Waals surface area contributed by atoms with Crippen LogP contribution in [-0.4, -0.2) is 30.0 Å². The minimum atomic E-state index is -0.455. The largest absolute Gasteiger partial charge is 0.465 e. The number of ether oxygens (including phenoxy) is 1. The van der Waals surface area contributed by atoms with E-state index in [1.807, 2.05) is 18.2 Å². The molecule has 1 N–H and O–H groups in total.